The molecule has 0 unspecified atom stereocenters. The van der Waals surface area contributed by atoms with Crippen molar-refractivity contribution in [2.45, 2.75) is 26.3 Å². The Bertz CT molecular complexity index is 667. The minimum atomic E-state index is -1.00. The summed E-state index contributed by atoms with van der Waals surface area (Å²) in [5.74, 6) is -1.17. The van der Waals surface area contributed by atoms with Gasteiger partial charge in [-0.3, -0.25) is 9.59 Å². The monoisotopic (exact) mass is 311 g/mol. The van der Waals surface area contributed by atoms with Gasteiger partial charge in [-0.25, -0.2) is 0 Å². The Morgan fingerprint density at radius 3 is 2.17 bits per heavy atom. The maximum Gasteiger partial charge on any atom is 0.323 e. The van der Waals surface area contributed by atoms with E-state index in [9.17, 15) is 9.59 Å². The first-order valence-electron chi connectivity index (χ1n) is 7.70. The van der Waals surface area contributed by atoms with E-state index in [1.807, 2.05) is 61.5 Å². The highest BCUT2D eigenvalue weighted by atomic mass is 16.4. The molecule has 0 fully saturated rings. The molecule has 1 amide bonds. The van der Waals surface area contributed by atoms with Crippen molar-refractivity contribution >= 4 is 11.9 Å². The highest BCUT2D eigenvalue weighted by Crippen LogP contribution is 2.13. The van der Waals surface area contributed by atoms with Crippen molar-refractivity contribution in [3.8, 4) is 0 Å². The quantitative estimate of drug-likeness (QED) is 0.855. The molecular weight excluding hydrogens is 290 g/mol. The third kappa shape index (κ3) is 4.95. The van der Waals surface area contributed by atoms with Gasteiger partial charge in [0.1, 0.15) is 6.54 Å². The van der Waals surface area contributed by atoms with Gasteiger partial charge in [0.05, 0.1) is 6.42 Å². The Hall–Kier alpha value is -2.62. The second kappa shape index (κ2) is 8.13. The lowest BCUT2D eigenvalue weighted by atomic mass is 10.0. The molecule has 2 rings (SSSR count). The topological polar surface area (TPSA) is 57.6 Å². The molecule has 0 bridgehead atoms. The van der Waals surface area contributed by atoms with Crippen LogP contribution in [0.25, 0.3) is 0 Å². The molecule has 23 heavy (non-hydrogen) atoms. The number of carbonyl (C=O) groups is 2. The van der Waals surface area contributed by atoms with Gasteiger partial charge in [-0.15, -0.1) is 0 Å². The minimum Gasteiger partial charge on any atom is -0.480 e. The molecule has 2 aromatic rings. The summed E-state index contributed by atoms with van der Waals surface area (Å²) in [5, 5.41) is 9.08. The number of hydrogen-bond donors (Lipinski definition) is 1. The van der Waals surface area contributed by atoms with E-state index in [0.29, 0.717) is 6.54 Å². The van der Waals surface area contributed by atoms with Crippen LogP contribution in [0.3, 0.4) is 0 Å². The molecule has 0 aliphatic carbocycles. The van der Waals surface area contributed by atoms with Crippen molar-refractivity contribution in [3.05, 3.63) is 71.3 Å². The highest BCUT2D eigenvalue weighted by molar-refractivity contribution is 5.83. The van der Waals surface area contributed by atoms with Gasteiger partial charge in [0.25, 0.3) is 0 Å². The first-order chi connectivity index (χ1) is 11.1. The van der Waals surface area contributed by atoms with Crippen molar-refractivity contribution in [2.75, 3.05) is 6.54 Å². The van der Waals surface area contributed by atoms with Gasteiger partial charge in [-0.1, -0.05) is 61.5 Å². The van der Waals surface area contributed by atoms with Crippen LogP contribution >= 0.6 is 0 Å². The molecule has 0 radical (unpaired) electrons. The summed E-state index contributed by atoms with van der Waals surface area (Å²) < 4.78 is 0. The Kier molecular flexibility index (Phi) is 5.92. The zero-order chi connectivity index (χ0) is 16.7. The molecule has 0 aromatic heterocycles. The number of amides is 1. The molecule has 120 valence electrons. The highest BCUT2D eigenvalue weighted by Gasteiger charge is 2.18. The third-order valence-corrected chi connectivity index (χ3v) is 3.74. The van der Waals surface area contributed by atoms with Crippen molar-refractivity contribution in [1.82, 2.24) is 4.90 Å². The number of carboxylic acids is 1. The summed E-state index contributed by atoms with van der Waals surface area (Å²) in [6.07, 6.45) is 1.07. The average Bonchev–Trinajstić information content (AvgIpc) is 2.55. The van der Waals surface area contributed by atoms with Crippen LogP contribution in [-0.2, 0) is 29.0 Å². The fourth-order valence-electron chi connectivity index (χ4n) is 2.55. The Balaban J connectivity index is 2.14. The summed E-state index contributed by atoms with van der Waals surface area (Å²) in [6, 6.07) is 17.2. The van der Waals surface area contributed by atoms with Crippen LogP contribution in [0.5, 0.6) is 0 Å². The number of aryl methyl sites for hydroxylation is 1. The number of rotatable bonds is 7. The first-order valence-corrected chi connectivity index (χ1v) is 7.70. The van der Waals surface area contributed by atoms with Crippen LogP contribution in [-0.4, -0.2) is 28.4 Å². The van der Waals surface area contributed by atoms with Crippen molar-refractivity contribution < 1.29 is 14.7 Å². The van der Waals surface area contributed by atoms with Gasteiger partial charge >= 0.3 is 5.97 Å². The van der Waals surface area contributed by atoms with Gasteiger partial charge < -0.3 is 10.0 Å². The number of nitrogens with zero attached hydrogens (tertiary/aromatic N) is 1. The number of aliphatic carboxylic acids is 1. The van der Waals surface area contributed by atoms with Crippen LogP contribution in [0, 0.1) is 0 Å². The van der Waals surface area contributed by atoms with Crippen LogP contribution in [0.4, 0.5) is 0 Å². The Morgan fingerprint density at radius 1 is 0.957 bits per heavy atom. The van der Waals surface area contributed by atoms with Crippen LogP contribution < -0.4 is 0 Å². The van der Waals surface area contributed by atoms with E-state index in [1.54, 1.807) is 0 Å². The van der Waals surface area contributed by atoms with E-state index in [-0.39, 0.29) is 18.9 Å². The minimum absolute atomic E-state index is 0.169. The fraction of sp³-hybridized carbons (Fsp3) is 0.263. The average molecular weight is 311 g/mol. The largest absolute Gasteiger partial charge is 0.480 e. The normalized spacial score (nSPS) is 10.3. The Morgan fingerprint density at radius 2 is 1.57 bits per heavy atom. The van der Waals surface area contributed by atoms with Gasteiger partial charge in [0, 0.05) is 6.54 Å². The van der Waals surface area contributed by atoms with Crippen LogP contribution in [0.15, 0.2) is 54.6 Å². The van der Waals surface area contributed by atoms with Crippen molar-refractivity contribution in [2.24, 2.45) is 0 Å². The summed E-state index contributed by atoms with van der Waals surface area (Å²) in [5.41, 5.74) is 3.00. The van der Waals surface area contributed by atoms with Gasteiger partial charge in [-0.05, 0) is 23.1 Å². The summed E-state index contributed by atoms with van der Waals surface area (Å²) in [4.78, 5) is 25.1. The second-order valence-corrected chi connectivity index (χ2v) is 5.43. The van der Waals surface area contributed by atoms with E-state index >= 15 is 0 Å². The predicted octanol–water partition coefficient (Wildman–Crippen LogP) is 2.90. The van der Waals surface area contributed by atoms with E-state index in [1.165, 1.54) is 4.90 Å². The molecule has 0 saturated heterocycles. The zero-order valence-corrected chi connectivity index (χ0v) is 13.2. The third-order valence-electron chi connectivity index (χ3n) is 3.74. The van der Waals surface area contributed by atoms with Gasteiger partial charge in [-0.2, -0.15) is 0 Å². The second-order valence-electron chi connectivity index (χ2n) is 5.43. The molecule has 4 nitrogen and oxygen atoms in total. The lowest BCUT2D eigenvalue weighted by molar-refractivity contribution is -0.144. The van der Waals surface area contributed by atoms with E-state index in [4.69, 9.17) is 5.11 Å². The zero-order valence-electron chi connectivity index (χ0n) is 13.2. The van der Waals surface area contributed by atoms with E-state index < -0.39 is 5.97 Å². The Labute approximate surface area is 136 Å². The molecule has 4 heteroatoms. The SMILES string of the molecule is CCc1ccccc1CC(=O)N(CC(=O)O)Cc1ccccc1. The summed E-state index contributed by atoms with van der Waals surface area (Å²) >= 11 is 0. The maximum absolute atomic E-state index is 12.6. The molecule has 0 saturated carbocycles. The molecule has 1 N–H and O–H groups in total. The molecular formula is C19H21NO3. The smallest absolute Gasteiger partial charge is 0.323 e. The van der Waals surface area contributed by atoms with E-state index in [0.717, 1.165) is 23.1 Å². The molecule has 0 aliphatic heterocycles. The predicted molar refractivity (Wildman–Crippen MR) is 89.0 cm³/mol. The maximum atomic E-state index is 12.6. The molecule has 0 spiro atoms. The first kappa shape index (κ1) is 16.7. The van der Waals surface area contributed by atoms with Gasteiger partial charge in [0.2, 0.25) is 5.91 Å². The fourth-order valence-corrected chi connectivity index (χ4v) is 2.55. The summed E-state index contributed by atoms with van der Waals surface area (Å²) in [7, 11) is 0. The van der Waals surface area contributed by atoms with Crippen LogP contribution in [0.1, 0.15) is 23.6 Å². The number of carbonyl (C=O) groups excluding carboxylic acids is 1. The molecule has 0 heterocycles. The van der Waals surface area contributed by atoms with Crippen LogP contribution in [0.2, 0.25) is 0 Å². The molecule has 0 aliphatic rings. The van der Waals surface area contributed by atoms with Crippen molar-refractivity contribution in [1.29, 1.82) is 0 Å². The molecule has 0 atom stereocenters. The number of hydrogen-bond acceptors (Lipinski definition) is 2. The lowest BCUT2D eigenvalue weighted by Gasteiger charge is -2.21. The lowest BCUT2D eigenvalue weighted by Crippen LogP contribution is -2.36. The standard InChI is InChI=1S/C19H21NO3/c1-2-16-10-6-7-11-17(16)12-18(21)20(14-19(22)23)13-15-8-4-3-5-9-15/h3-11H,2,12-14H2,1H3,(H,22,23). The van der Waals surface area contributed by atoms with Gasteiger partial charge in [0.15, 0.2) is 0 Å². The van der Waals surface area contributed by atoms with Crippen molar-refractivity contribution in [3.63, 3.8) is 0 Å². The number of carboxylic acid groups (broad SMARTS) is 1. The van der Waals surface area contributed by atoms with E-state index in [2.05, 4.69) is 0 Å². The summed E-state index contributed by atoms with van der Waals surface area (Å²) in [6.45, 7) is 2.06. The number of benzene rings is 2. The molecule has 2 aromatic carbocycles.